The van der Waals surface area contributed by atoms with Crippen molar-refractivity contribution in [1.29, 1.82) is 0 Å². The molecule has 182 valence electrons. The van der Waals surface area contributed by atoms with Gasteiger partial charge in [0.1, 0.15) is 11.8 Å². The molecule has 1 saturated heterocycles. The van der Waals surface area contributed by atoms with Gasteiger partial charge in [-0.2, -0.15) is 0 Å². The van der Waals surface area contributed by atoms with Gasteiger partial charge in [0, 0.05) is 34.7 Å². The Labute approximate surface area is 207 Å². The van der Waals surface area contributed by atoms with E-state index in [9.17, 15) is 14.4 Å². The normalized spacial score (nSPS) is 20.8. The van der Waals surface area contributed by atoms with Crippen molar-refractivity contribution in [3.05, 3.63) is 71.3 Å². The van der Waals surface area contributed by atoms with Gasteiger partial charge in [0.2, 0.25) is 11.8 Å². The molecular formula is C25H25ClN4O5. The number of primary amides is 1. The number of nitrogens with zero attached hydrogens (tertiary/aromatic N) is 2. The summed E-state index contributed by atoms with van der Waals surface area (Å²) in [6, 6.07) is 13.1. The lowest BCUT2D eigenvalue weighted by Crippen LogP contribution is -2.44. The lowest BCUT2D eigenvalue weighted by Gasteiger charge is -2.23. The SMILES string of the molecule is C=C(C)C(=O)N1CC2(CC(c3cccc(NC(=O)COc4ccc(Cl)cc4)c3)=NO2)C[C@@H]1C(N)=O. The number of hydrogen-bond acceptors (Lipinski definition) is 6. The van der Waals surface area contributed by atoms with Crippen LogP contribution in [0.1, 0.15) is 25.3 Å². The fraction of sp³-hybridized carbons (Fsp3) is 0.280. The zero-order chi connectivity index (χ0) is 25.2. The summed E-state index contributed by atoms with van der Waals surface area (Å²) in [7, 11) is 0. The van der Waals surface area contributed by atoms with Gasteiger partial charge in [0.25, 0.3) is 5.91 Å². The number of anilines is 1. The van der Waals surface area contributed by atoms with Gasteiger partial charge in [-0.1, -0.05) is 35.5 Å². The second-order valence-corrected chi connectivity index (χ2v) is 9.13. The van der Waals surface area contributed by atoms with Crippen LogP contribution in [0.25, 0.3) is 0 Å². The third-order valence-electron chi connectivity index (χ3n) is 5.86. The Bertz CT molecular complexity index is 1210. The number of amides is 3. The third-order valence-corrected chi connectivity index (χ3v) is 6.11. The van der Waals surface area contributed by atoms with Gasteiger partial charge < -0.3 is 25.5 Å². The van der Waals surface area contributed by atoms with E-state index in [1.54, 1.807) is 49.4 Å². The minimum Gasteiger partial charge on any atom is -0.484 e. The maximum Gasteiger partial charge on any atom is 0.262 e. The molecule has 35 heavy (non-hydrogen) atoms. The number of nitrogens with two attached hydrogens (primary N) is 1. The van der Waals surface area contributed by atoms with Gasteiger partial charge in [-0.25, -0.2) is 0 Å². The van der Waals surface area contributed by atoms with Crippen LogP contribution in [0.2, 0.25) is 5.02 Å². The first kappa shape index (κ1) is 24.3. The van der Waals surface area contributed by atoms with E-state index in [4.69, 9.17) is 26.9 Å². The molecule has 2 aromatic rings. The predicted octanol–water partition coefficient (Wildman–Crippen LogP) is 2.88. The van der Waals surface area contributed by atoms with E-state index in [-0.39, 0.29) is 31.4 Å². The summed E-state index contributed by atoms with van der Waals surface area (Å²) in [6.07, 6.45) is 0.626. The summed E-state index contributed by atoms with van der Waals surface area (Å²) in [5.41, 5.74) is 6.98. The summed E-state index contributed by atoms with van der Waals surface area (Å²) in [6.45, 7) is 5.27. The standard InChI is InChI=1S/C25H25ClN4O5/c1-15(2)24(33)30-14-25(12-21(30)23(27)32)11-20(29-35-25)16-4-3-5-18(10-16)28-22(31)13-34-19-8-6-17(26)7-9-19/h3-10,21H,1,11-14H2,2H3,(H2,27,32)(H,28,31)/t21-,25?/m1/s1. The molecule has 0 bridgehead atoms. The Balaban J connectivity index is 1.39. The minimum atomic E-state index is -0.841. The fourth-order valence-electron chi connectivity index (χ4n) is 4.18. The van der Waals surface area contributed by atoms with Crippen LogP contribution in [0.3, 0.4) is 0 Å². The van der Waals surface area contributed by atoms with Crippen molar-refractivity contribution in [2.24, 2.45) is 10.9 Å². The highest BCUT2D eigenvalue weighted by Crippen LogP contribution is 2.39. The van der Waals surface area contributed by atoms with Crippen molar-refractivity contribution in [3.8, 4) is 5.75 Å². The number of benzene rings is 2. The second-order valence-electron chi connectivity index (χ2n) is 8.70. The molecule has 1 spiro atoms. The Kier molecular flexibility index (Phi) is 6.79. The van der Waals surface area contributed by atoms with Crippen LogP contribution in [-0.2, 0) is 19.2 Å². The quantitative estimate of drug-likeness (QED) is 0.570. The number of carbonyl (C=O) groups excluding carboxylic acids is 3. The van der Waals surface area contributed by atoms with E-state index >= 15 is 0 Å². The van der Waals surface area contributed by atoms with Crippen LogP contribution >= 0.6 is 11.6 Å². The molecule has 2 aliphatic rings. The van der Waals surface area contributed by atoms with Gasteiger partial charge >= 0.3 is 0 Å². The van der Waals surface area contributed by atoms with Crippen LogP contribution in [0.4, 0.5) is 5.69 Å². The van der Waals surface area contributed by atoms with Gasteiger partial charge in [-0.3, -0.25) is 14.4 Å². The van der Waals surface area contributed by atoms with E-state index in [2.05, 4.69) is 17.1 Å². The first-order valence-electron chi connectivity index (χ1n) is 11.0. The van der Waals surface area contributed by atoms with Gasteiger partial charge in [0.05, 0.1) is 12.3 Å². The zero-order valence-corrected chi connectivity index (χ0v) is 19.9. The van der Waals surface area contributed by atoms with Crippen molar-refractivity contribution in [1.82, 2.24) is 4.90 Å². The summed E-state index contributed by atoms with van der Waals surface area (Å²) < 4.78 is 5.47. The van der Waals surface area contributed by atoms with E-state index in [1.807, 2.05) is 6.07 Å². The Morgan fingerprint density at radius 1 is 1.29 bits per heavy atom. The first-order chi connectivity index (χ1) is 16.7. The molecule has 0 aromatic heterocycles. The van der Waals surface area contributed by atoms with E-state index < -0.39 is 17.6 Å². The van der Waals surface area contributed by atoms with Crippen molar-refractivity contribution in [2.45, 2.75) is 31.4 Å². The molecule has 1 unspecified atom stereocenters. The summed E-state index contributed by atoms with van der Waals surface area (Å²) in [4.78, 5) is 44.0. The fourth-order valence-corrected chi connectivity index (χ4v) is 4.31. The molecule has 2 heterocycles. The van der Waals surface area contributed by atoms with Crippen LogP contribution in [-0.4, -0.2) is 53.1 Å². The highest BCUT2D eigenvalue weighted by molar-refractivity contribution is 6.30. The number of halogens is 1. The minimum absolute atomic E-state index is 0.167. The summed E-state index contributed by atoms with van der Waals surface area (Å²) in [5.74, 6) is -0.731. The molecule has 9 nitrogen and oxygen atoms in total. The Hall–Kier alpha value is -3.85. The van der Waals surface area contributed by atoms with Gasteiger partial charge in [0.15, 0.2) is 12.2 Å². The van der Waals surface area contributed by atoms with Crippen LogP contribution in [0.15, 0.2) is 65.8 Å². The van der Waals surface area contributed by atoms with E-state index in [0.29, 0.717) is 34.2 Å². The van der Waals surface area contributed by atoms with Crippen molar-refractivity contribution in [2.75, 3.05) is 18.5 Å². The second kappa shape index (κ2) is 9.79. The molecule has 2 aliphatic heterocycles. The molecule has 0 radical (unpaired) electrons. The maximum absolute atomic E-state index is 12.5. The lowest BCUT2D eigenvalue weighted by atomic mass is 9.91. The van der Waals surface area contributed by atoms with E-state index in [1.165, 1.54) is 4.90 Å². The number of carbonyl (C=O) groups is 3. The molecular weight excluding hydrogens is 472 g/mol. The van der Waals surface area contributed by atoms with Crippen LogP contribution in [0, 0.1) is 0 Å². The number of likely N-dealkylation sites (tertiary alicyclic amines) is 1. The molecule has 4 rings (SSSR count). The molecule has 1 fully saturated rings. The molecule has 3 amide bonds. The average molecular weight is 497 g/mol. The van der Waals surface area contributed by atoms with Crippen LogP contribution in [0.5, 0.6) is 5.75 Å². The van der Waals surface area contributed by atoms with Gasteiger partial charge in [-0.05, 0) is 43.3 Å². The Morgan fingerprint density at radius 2 is 2.03 bits per heavy atom. The summed E-state index contributed by atoms with van der Waals surface area (Å²) in [5, 5.41) is 7.61. The Morgan fingerprint density at radius 3 is 2.71 bits per heavy atom. The number of oxime groups is 1. The lowest BCUT2D eigenvalue weighted by molar-refractivity contribution is -0.134. The zero-order valence-electron chi connectivity index (χ0n) is 19.1. The van der Waals surface area contributed by atoms with Crippen molar-refractivity contribution >= 4 is 40.7 Å². The topological polar surface area (TPSA) is 123 Å². The predicted molar refractivity (Wildman–Crippen MR) is 131 cm³/mol. The van der Waals surface area contributed by atoms with Crippen molar-refractivity contribution < 1.29 is 24.0 Å². The maximum atomic E-state index is 12.5. The molecule has 0 aliphatic carbocycles. The number of nitrogens with one attached hydrogen (secondary N) is 1. The first-order valence-corrected chi connectivity index (χ1v) is 11.3. The number of ether oxygens (including phenoxy) is 1. The molecule has 0 saturated carbocycles. The average Bonchev–Trinajstić information content (AvgIpc) is 3.42. The summed E-state index contributed by atoms with van der Waals surface area (Å²) >= 11 is 5.85. The van der Waals surface area contributed by atoms with Crippen LogP contribution < -0.4 is 15.8 Å². The molecule has 2 atom stereocenters. The molecule has 2 aromatic carbocycles. The number of hydrogen-bond donors (Lipinski definition) is 2. The smallest absolute Gasteiger partial charge is 0.262 e. The highest BCUT2D eigenvalue weighted by Gasteiger charge is 2.53. The van der Waals surface area contributed by atoms with Crippen molar-refractivity contribution in [3.63, 3.8) is 0 Å². The third kappa shape index (κ3) is 5.46. The molecule has 3 N–H and O–H groups in total. The van der Waals surface area contributed by atoms with Gasteiger partial charge in [-0.15, -0.1) is 0 Å². The van der Waals surface area contributed by atoms with E-state index in [0.717, 1.165) is 5.56 Å². The monoisotopic (exact) mass is 496 g/mol. The molecule has 10 heteroatoms. The number of rotatable bonds is 7. The largest absolute Gasteiger partial charge is 0.484 e. The highest BCUT2D eigenvalue weighted by atomic mass is 35.5.